The van der Waals surface area contributed by atoms with Crippen molar-refractivity contribution in [2.75, 3.05) is 7.05 Å². The van der Waals surface area contributed by atoms with Crippen LogP contribution in [0.4, 0.5) is 4.39 Å². The number of aryl methyl sites for hydroxylation is 3. The van der Waals surface area contributed by atoms with Gasteiger partial charge in [-0.15, -0.1) is 24.0 Å². The van der Waals surface area contributed by atoms with E-state index in [4.69, 9.17) is 0 Å². The predicted molar refractivity (Wildman–Crippen MR) is 111 cm³/mol. The maximum absolute atomic E-state index is 13.7. The third kappa shape index (κ3) is 5.17. The number of benzene rings is 1. The molecule has 2 rings (SSSR count). The smallest absolute Gasteiger partial charge is 0.191 e. The topological polar surface area (TPSA) is 54.2 Å². The molecule has 1 atom stereocenters. The van der Waals surface area contributed by atoms with Gasteiger partial charge in [0.05, 0.1) is 11.7 Å². The van der Waals surface area contributed by atoms with Crippen LogP contribution in [0.1, 0.15) is 41.0 Å². The lowest BCUT2D eigenvalue weighted by atomic mass is 10.1. The molecule has 1 heterocycles. The Morgan fingerprint density at radius 2 is 2.00 bits per heavy atom. The molecule has 0 amide bonds. The fourth-order valence-corrected chi connectivity index (χ4v) is 2.61. The van der Waals surface area contributed by atoms with Gasteiger partial charge in [-0.25, -0.2) is 4.39 Å². The van der Waals surface area contributed by atoms with Gasteiger partial charge < -0.3 is 10.6 Å². The van der Waals surface area contributed by atoms with Gasteiger partial charge in [-0.05, 0) is 44.9 Å². The summed E-state index contributed by atoms with van der Waals surface area (Å²) in [5.41, 5.74) is 4.83. The maximum atomic E-state index is 13.7. The van der Waals surface area contributed by atoms with Crippen LogP contribution in [0.5, 0.6) is 0 Å². The van der Waals surface area contributed by atoms with E-state index < -0.39 is 0 Å². The molecule has 2 N–H and O–H groups in total. The van der Waals surface area contributed by atoms with Crippen molar-refractivity contribution in [2.45, 2.75) is 40.3 Å². The standard InChI is InChI=1S/C18H26FN5.HI/c1-11-7-8-15(9-17(11)19)12(2)22-18(20-5)21-10-16-13(3)23-24(6)14(16)4;/h7-9,12H,10H2,1-6H3,(H2,20,21,22);1H. The number of hydrogen-bond acceptors (Lipinski definition) is 2. The number of hydrogen-bond donors (Lipinski definition) is 2. The summed E-state index contributed by atoms with van der Waals surface area (Å²) in [6, 6.07) is 5.23. The Morgan fingerprint density at radius 3 is 2.52 bits per heavy atom. The van der Waals surface area contributed by atoms with Crippen molar-refractivity contribution in [2.24, 2.45) is 12.0 Å². The minimum Gasteiger partial charge on any atom is -0.352 e. The Kier molecular flexibility index (Phi) is 7.85. The minimum atomic E-state index is -0.189. The quantitative estimate of drug-likeness (QED) is 0.418. The Balaban J connectivity index is 0.00000312. The zero-order valence-electron chi connectivity index (χ0n) is 15.6. The van der Waals surface area contributed by atoms with Crippen molar-refractivity contribution >= 4 is 29.9 Å². The monoisotopic (exact) mass is 459 g/mol. The van der Waals surface area contributed by atoms with Crippen LogP contribution in [0, 0.1) is 26.6 Å². The Morgan fingerprint density at radius 1 is 1.32 bits per heavy atom. The van der Waals surface area contributed by atoms with Crippen LogP contribution < -0.4 is 10.6 Å². The highest BCUT2D eigenvalue weighted by Gasteiger charge is 2.12. The zero-order chi connectivity index (χ0) is 17.9. The first-order valence-corrected chi connectivity index (χ1v) is 8.05. The Bertz CT molecular complexity index is 754. The molecule has 0 aliphatic carbocycles. The average Bonchev–Trinajstić information content (AvgIpc) is 2.79. The second-order valence-electron chi connectivity index (χ2n) is 6.07. The Hall–Kier alpha value is -1.64. The molecule has 1 unspecified atom stereocenters. The molecule has 0 saturated carbocycles. The summed E-state index contributed by atoms with van der Waals surface area (Å²) in [4.78, 5) is 4.25. The molecule has 0 spiro atoms. The first kappa shape index (κ1) is 21.4. The summed E-state index contributed by atoms with van der Waals surface area (Å²) < 4.78 is 15.6. The second-order valence-corrected chi connectivity index (χ2v) is 6.07. The van der Waals surface area contributed by atoms with Gasteiger partial charge in [0.15, 0.2) is 5.96 Å². The largest absolute Gasteiger partial charge is 0.352 e. The fraction of sp³-hybridized carbons (Fsp3) is 0.444. The molecule has 0 radical (unpaired) electrons. The van der Waals surface area contributed by atoms with E-state index in [-0.39, 0.29) is 35.8 Å². The van der Waals surface area contributed by atoms with Gasteiger partial charge in [-0.1, -0.05) is 12.1 Å². The van der Waals surface area contributed by atoms with Crippen LogP contribution in [0.2, 0.25) is 0 Å². The summed E-state index contributed by atoms with van der Waals surface area (Å²) in [5, 5.41) is 11.0. The van der Waals surface area contributed by atoms with E-state index in [2.05, 4.69) is 20.7 Å². The van der Waals surface area contributed by atoms with Crippen molar-refractivity contribution in [3.63, 3.8) is 0 Å². The van der Waals surface area contributed by atoms with Crippen LogP contribution >= 0.6 is 24.0 Å². The van der Waals surface area contributed by atoms with Crippen LogP contribution in [0.25, 0.3) is 0 Å². The van der Waals surface area contributed by atoms with Gasteiger partial charge in [0.25, 0.3) is 0 Å². The van der Waals surface area contributed by atoms with Gasteiger partial charge >= 0.3 is 0 Å². The number of halogens is 2. The molecular formula is C18H27FIN5. The number of nitrogens with one attached hydrogen (secondary N) is 2. The normalized spacial score (nSPS) is 12.5. The van der Waals surface area contributed by atoms with Gasteiger partial charge in [-0.2, -0.15) is 5.10 Å². The lowest BCUT2D eigenvalue weighted by Crippen LogP contribution is -2.38. The summed E-state index contributed by atoms with van der Waals surface area (Å²) in [6.07, 6.45) is 0. The molecule has 25 heavy (non-hydrogen) atoms. The molecule has 138 valence electrons. The molecule has 1 aromatic heterocycles. The Labute approximate surface area is 166 Å². The third-order valence-corrected chi connectivity index (χ3v) is 4.36. The van der Waals surface area contributed by atoms with Gasteiger partial charge in [0.1, 0.15) is 5.82 Å². The van der Waals surface area contributed by atoms with Gasteiger partial charge in [-0.3, -0.25) is 9.67 Å². The summed E-state index contributed by atoms with van der Waals surface area (Å²) in [6.45, 7) is 8.43. The lowest BCUT2D eigenvalue weighted by Gasteiger charge is -2.19. The minimum absolute atomic E-state index is 0. The van der Waals surface area contributed by atoms with E-state index in [1.165, 1.54) is 0 Å². The van der Waals surface area contributed by atoms with Crippen LogP contribution in [0.15, 0.2) is 23.2 Å². The number of guanidine groups is 1. The highest BCUT2D eigenvalue weighted by atomic mass is 127. The highest BCUT2D eigenvalue weighted by molar-refractivity contribution is 14.0. The number of aromatic nitrogens is 2. The van der Waals surface area contributed by atoms with E-state index in [1.807, 2.05) is 38.6 Å². The zero-order valence-corrected chi connectivity index (χ0v) is 18.0. The van der Waals surface area contributed by atoms with Crippen LogP contribution in [0.3, 0.4) is 0 Å². The van der Waals surface area contributed by atoms with Crippen LogP contribution in [-0.2, 0) is 13.6 Å². The van der Waals surface area contributed by atoms with E-state index in [0.717, 1.165) is 22.5 Å². The van der Waals surface area contributed by atoms with E-state index in [0.29, 0.717) is 18.1 Å². The van der Waals surface area contributed by atoms with Crippen molar-refractivity contribution in [3.8, 4) is 0 Å². The number of rotatable bonds is 4. The molecule has 0 aliphatic heterocycles. The molecular weight excluding hydrogens is 432 g/mol. The summed E-state index contributed by atoms with van der Waals surface area (Å²) in [7, 11) is 3.66. The number of aliphatic imine (C=N–C) groups is 1. The maximum Gasteiger partial charge on any atom is 0.191 e. The molecule has 0 aliphatic rings. The third-order valence-electron chi connectivity index (χ3n) is 4.36. The SMILES string of the molecule is CN=C(NCc1c(C)nn(C)c1C)NC(C)c1ccc(C)c(F)c1.I. The molecule has 0 fully saturated rings. The second kappa shape index (κ2) is 9.17. The molecule has 2 aromatic rings. The number of nitrogens with zero attached hydrogens (tertiary/aromatic N) is 3. The van der Waals surface area contributed by atoms with E-state index in [9.17, 15) is 4.39 Å². The van der Waals surface area contributed by atoms with Crippen LogP contribution in [-0.4, -0.2) is 22.8 Å². The van der Waals surface area contributed by atoms with Crippen molar-refractivity contribution in [1.29, 1.82) is 0 Å². The molecule has 7 heteroatoms. The van der Waals surface area contributed by atoms with Crippen molar-refractivity contribution < 1.29 is 4.39 Å². The summed E-state index contributed by atoms with van der Waals surface area (Å²) in [5.74, 6) is 0.483. The van der Waals surface area contributed by atoms with Crippen molar-refractivity contribution in [3.05, 3.63) is 52.1 Å². The van der Waals surface area contributed by atoms with E-state index >= 15 is 0 Å². The van der Waals surface area contributed by atoms with Crippen molar-refractivity contribution in [1.82, 2.24) is 20.4 Å². The molecule has 5 nitrogen and oxygen atoms in total. The summed E-state index contributed by atoms with van der Waals surface area (Å²) >= 11 is 0. The first-order chi connectivity index (χ1) is 11.3. The van der Waals surface area contributed by atoms with E-state index in [1.54, 1.807) is 26.1 Å². The lowest BCUT2D eigenvalue weighted by molar-refractivity contribution is 0.607. The average molecular weight is 459 g/mol. The fourth-order valence-electron chi connectivity index (χ4n) is 2.61. The molecule has 1 aromatic carbocycles. The van der Waals surface area contributed by atoms with Gasteiger partial charge in [0, 0.05) is 31.9 Å². The molecule has 0 saturated heterocycles. The highest BCUT2D eigenvalue weighted by Crippen LogP contribution is 2.16. The van der Waals surface area contributed by atoms with Gasteiger partial charge in [0.2, 0.25) is 0 Å². The first-order valence-electron chi connectivity index (χ1n) is 8.05. The molecule has 0 bridgehead atoms. The predicted octanol–water partition coefficient (Wildman–Crippen LogP) is 3.53.